The van der Waals surface area contributed by atoms with Gasteiger partial charge in [0.2, 0.25) is 11.8 Å². The number of carbonyl (C=O) groups excluding carboxylic acids is 2. The van der Waals surface area contributed by atoms with Crippen molar-refractivity contribution in [1.82, 2.24) is 5.32 Å². The summed E-state index contributed by atoms with van der Waals surface area (Å²) in [6.07, 6.45) is 0.752. The molecule has 0 fully saturated rings. The van der Waals surface area contributed by atoms with Crippen LogP contribution in [-0.4, -0.2) is 31.5 Å². The van der Waals surface area contributed by atoms with E-state index in [1.807, 2.05) is 6.07 Å². The molecule has 1 N–H and O–H groups in total. The number of nitrogens with one attached hydrogen (secondary N) is 1. The molecule has 0 aromatic heterocycles. The minimum absolute atomic E-state index is 0.0671. The Kier molecular flexibility index (Phi) is 5.28. The van der Waals surface area contributed by atoms with Gasteiger partial charge in [-0.1, -0.05) is 24.3 Å². The van der Waals surface area contributed by atoms with Crippen LogP contribution in [0.3, 0.4) is 0 Å². The molecule has 2 aromatic carbocycles. The zero-order valence-electron chi connectivity index (χ0n) is 13.7. The minimum atomic E-state index is -0.296. The molecule has 0 radical (unpaired) electrons. The second kappa shape index (κ2) is 7.79. The highest BCUT2D eigenvalue weighted by Gasteiger charge is 2.24. The van der Waals surface area contributed by atoms with Crippen LogP contribution in [0.5, 0.6) is 5.75 Å². The average molecular weight is 342 g/mol. The maximum absolute atomic E-state index is 13.1. The van der Waals surface area contributed by atoms with Crippen LogP contribution in [0.1, 0.15) is 12.0 Å². The van der Waals surface area contributed by atoms with Crippen molar-refractivity contribution < 1.29 is 18.7 Å². The van der Waals surface area contributed by atoms with E-state index in [4.69, 9.17) is 4.74 Å². The Morgan fingerprint density at radius 3 is 2.88 bits per heavy atom. The van der Waals surface area contributed by atoms with Gasteiger partial charge >= 0.3 is 0 Å². The van der Waals surface area contributed by atoms with Crippen molar-refractivity contribution in [3.05, 3.63) is 59.9 Å². The molecule has 3 rings (SSSR count). The number of benzene rings is 2. The fourth-order valence-electron chi connectivity index (χ4n) is 2.73. The van der Waals surface area contributed by atoms with E-state index in [9.17, 15) is 14.0 Å². The molecule has 1 heterocycles. The van der Waals surface area contributed by atoms with Crippen molar-refractivity contribution in [2.45, 2.75) is 12.8 Å². The number of anilines is 1. The maximum atomic E-state index is 13.1. The van der Waals surface area contributed by atoms with Gasteiger partial charge in [0.1, 0.15) is 18.1 Å². The van der Waals surface area contributed by atoms with E-state index in [0.29, 0.717) is 31.0 Å². The maximum Gasteiger partial charge on any atom is 0.240 e. The molecule has 5 nitrogen and oxygen atoms in total. The molecule has 130 valence electrons. The summed E-state index contributed by atoms with van der Waals surface area (Å²) in [6.45, 7) is 0.609. The predicted octanol–water partition coefficient (Wildman–Crippen LogP) is 2.30. The number of hydrogen-bond donors (Lipinski definition) is 1. The van der Waals surface area contributed by atoms with E-state index >= 15 is 0 Å². The second-order valence-electron chi connectivity index (χ2n) is 5.78. The molecule has 1 aliphatic rings. The largest absolute Gasteiger partial charge is 0.491 e. The Morgan fingerprint density at radius 1 is 1.20 bits per heavy atom. The fourth-order valence-corrected chi connectivity index (χ4v) is 2.73. The fraction of sp³-hybridized carbons (Fsp3) is 0.263. The summed E-state index contributed by atoms with van der Waals surface area (Å²) in [5.41, 5.74) is 1.41. The molecule has 0 bridgehead atoms. The van der Waals surface area contributed by atoms with Crippen LogP contribution in [0.25, 0.3) is 0 Å². The summed E-state index contributed by atoms with van der Waals surface area (Å²) in [5.74, 6) is -0.108. The molecule has 1 aliphatic heterocycles. The first-order chi connectivity index (χ1) is 12.1. The first-order valence-corrected chi connectivity index (χ1v) is 8.17. The number of ether oxygens (including phenoxy) is 1. The van der Waals surface area contributed by atoms with Crippen molar-refractivity contribution in [2.75, 3.05) is 24.6 Å². The van der Waals surface area contributed by atoms with Crippen molar-refractivity contribution in [3.8, 4) is 5.75 Å². The summed E-state index contributed by atoms with van der Waals surface area (Å²) in [6, 6.07) is 13.4. The normalized spacial score (nSPS) is 13.6. The number of hydrogen-bond acceptors (Lipinski definition) is 3. The Labute approximate surface area is 145 Å². The van der Waals surface area contributed by atoms with Crippen LogP contribution in [-0.2, 0) is 16.0 Å². The van der Waals surface area contributed by atoms with Crippen molar-refractivity contribution >= 4 is 17.5 Å². The smallest absolute Gasteiger partial charge is 0.240 e. The van der Waals surface area contributed by atoms with Crippen molar-refractivity contribution in [1.29, 1.82) is 0 Å². The van der Waals surface area contributed by atoms with E-state index in [0.717, 1.165) is 5.56 Å². The van der Waals surface area contributed by atoms with Gasteiger partial charge < -0.3 is 10.1 Å². The molecule has 0 spiro atoms. The second-order valence-corrected chi connectivity index (χ2v) is 5.78. The van der Waals surface area contributed by atoms with E-state index in [-0.39, 0.29) is 30.6 Å². The lowest BCUT2D eigenvalue weighted by Crippen LogP contribution is -2.41. The molecule has 0 saturated carbocycles. The monoisotopic (exact) mass is 342 g/mol. The zero-order chi connectivity index (χ0) is 17.6. The number of halogens is 1. The summed E-state index contributed by atoms with van der Waals surface area (Å²) in [5, 5.41) is 2.77. The van der Waals surface area contributed by atoms with E-state index in [1.165, 1.54) is 17.0 Å². The SMILES string of the molecule is O=C(CN1C(=O)CCOc2ccccc21)NCCc1cccc(F)c1. The molecule has 0 aliphatic carbocycles. The Bertz CT molecular complexity index is 779. The molecule has 0 unspecified atom stereocenters. The molecular formula is C19H19FN2O3. The topological polar surface area (TPSA) is 58.6 Å². The Morgan fingerprint density at radius 2 is 2.04 bits per heavy atom. The Balaban J connectivity index is 1.59. The van der Waals surface area contributed by atoms with Gasteiger partial charge in [0.05, 0.1) is 18.7 Å². The standard InChI is InChI=1S/C19H19FN2O3/c20-15-5-3-4-14(12-15)8-10-21-18(23)13-22-16-6-1-2-7-17(16)25-11-9-19(22)24/h1-7,12H,8-11,13H2,(H,21,23). The lowest BCUT2D eigenvalue weighted by molar-refractivity contribution is -0.123. The lowest BCUT2D eigenvalue weighted by Gasteiger charge is -2.21. The van der Waals surface area contributed by atoms with Gasteiger partial charge in [0.25, 0.3) is 0 Å². The Hall–Kier alpha value is -2.89. The lowest BCUT2D eigenvalue weighted by atomic mass is 10.1. The number of carbonyl (C=O) groups is 2. The highest BCUT2D eigenvalue weighted by Crippen LogP contribution is 2.30. The molecule has 0 saturated heterocycles. The molecule has 2 amide bonds. The van der Waals surface area contributed by atoms with Crippen molar-refractivity contribution in [2.24, 2.45) is 0 Å². The summed E-state index contributed by atoms with van der Waals surface area (Å²) in [4.78, 5) is 25.9. The molecule has 6 heteroatoms. The van der Waals surface area contributed by atoms with E-state index in [2.05, 4.69) is 5.32 Å². The average Bonchev–Trinajstić information content (AvgIpc) is 2.75. The van der Waals surface area contributed by atoms with Crippen LogP contribution < -0.4 is 15.0 Å². The summed E-state index contributed by atoms with van der Waals surface area (Å²) in [7, 11) is 0. The summed E-state index contributed by atoms with van der Waals surface area (Å²) < 4.78 is 18.7. The molecular weight excluding hydrogens is 323 g/mol. The highest BCUT2D eigenvalue weighted by molar-refractivity contribution is 6.00. The molecule has 25 heavy (non-hydrogen) atoms. The van der Waals surface area contributed by atoms with E-state index in [1.54, 1.807) is 30.3 Å². The number of para-hydroxylation sites is 2. The third-order valence-corrected chi connectivity index (χ3v) is 3.96. The third kappa shape index (κ3) is 4.35. The van der Waals surface area contributed by atoms with Crippen LogP contribution >= 0.6 is 0 Å². The van der Waals surface area contributed by atoms with Crippen LogP contribution in [0, 0.1) is 5.82 Å². The van der Waals surface area contributed by atoms with Gasteiger partial charge in [-0.2, -0.15) is 0 Å². The van der Waals surface area contributed by atoms with Gasteiger partial charge in [-0.3, -0.25) is 14.5 Å². The third-order valence-electron chi connectivity index (χ3n) is 3.96. The number of amides is 2. The van der Waals surface area contributed by atoms with Crippen LogP contribution in [0.2, 0.25) is 0 Å². The summed E-state index contributed by atoms with van der Waals surface area (Å²) >= 11 is 0. The van der Waals surface area contributed by atoms with Crippen LogP contribution in [0.15, 0.2) is 48.5 Å². The highest BCUT2D eigenvalue weighted by atomic mass is 19.1. The zero-order valence-corrected chi connectivity index (χ0v) is 13.7. The number of fused-ring (bicyclic) bond motifs is 1. The molecule has 2 aromatic rings. The van der Waals surface area contributed by atoms with Gasteiger partial charge in [-0.25, -0.2) is 4.39 Å². The number of rotatable bonds is 5. The van der Waals surface area contributed by atoms with Gasteiger partial charge in [-0.15, -0.1) is 0 Å². The van der Waals surface area contributed by atoms with Crippen LogP contribution in [0.4, 0.5) is 10.1 Å². The number of nitrogens with zero attached hydrogens (tertiary/aromatic N) is 1. The van der Waals surface area contributed by atoms with Gasteiger partial charge in [0, 0.05) is 6.54 Å². The predicted molar refractivity (Wildman–Crippen MR) is 92.0 cm³/mol. The first-order valence-electron chi connectivity index (χ1n) is 8.17. The first kappa shape index (κ1) is 17.0. The van der Waals surface area contributed by atoms with Gasteiger partial charge in [0.15, 0.2) is 0 Å². The van der Waals surface area contributed by atoms with E-state index < -0.39 is 0 Å². The van der Waals surface area contributed by atoms with Crippen molar-refractivity contribution in [3.63, 3.8) is 0 Å². The van der Waals surface area contributed by atoms with Gasteiger partial charge in [-0.05, 0) is 36.2 Å². The minimum Gasteiger partial charge on any atom is -0.491 e. The quantitative estimate of drug-likeness (QED) is 0.907. The molecule has 0 atom stereocenters.